The topological polar surface area (TPSA) is 67.2 Å². The van der Waals surface area contributed by atoms with E-state index < -0.39 is 5.97 Å². The van der Waals surface area contributed by atoms with Gasteiger partial charge in [-0.15, -0.1) is 11.6 Å². The molecule has 0 unspecified atom stereocenters. The van der Waals surface area contributed by atoms with Crippen LogP contribution in [0, 0.1) is 11.3 Å². The van der Waals surface area contributed by atoms with E-state index in [0.717, 1.165) is 0 Å². The summed E-state index contributed by atoms with van der Waals surface area (Å²) in [5.74, 6) is -0.931. The van der Waals surface area contributed by atoms with Crippen molar-refractivity contribution in [3.05, 3.63) is 34.9 Å². The van der Waals surface area contributed by atoms with Gasteiger partial charge in [0.1, 0.15) is 0 Å². The van der Waals surface area contributed by atoms with E-state index in [2.05, 4.69) is 0 Å². The molecule has 0 amide bonds. The van der Waals surface area contributed by atoms with Gasteiger partial charge in [-0.2, -0.15) is 5.26 Å². The molecule has 1 aromatic carbocycles. The predicted octanol–water partition coefficient (Wildman–Crippen LogP) is 2.09. The molecular weight excluding hydrogens is 254 g/mol. The van der Waals surface area contributed by atoms with Crippen LogP contribution in [0.25, 0.3) is 0 Å². The number of ketones is 1. The number of Topliss-reactive ketones (excluding diaryl/α,β-unsaturated/α-hetero) is 1. The van der Waals surface area contributed by atoms with Crippen molar-refractivity contribution in [2.24, 2.45) is 0 Å². The van der Waals surface area contributed by atoms with Gasteiger partial charge in [0.15, 0.2) is 5.78 Å². The van der Waals surface area contributed by atoms with E-state index in [1.165, 1.54) is 6.07 Å². The number of carbonyl (C=O) groups is 2. The first-order chi connectivity index (χ1) is 8.63. The van der Waals surface area contributed by atoms with Crippen LogP contribution in [-0.2, 0) is 16.0 Å². The van der Waals surface area contributed by atoms with Crippen molar-refractivity contribution in [1.82, 2.24) is 0 Å². The summed E-state index contributed by atoms with van der Waals surface area (Å²) in [6, 6.07) is 6.63. The van der Waals surface area contributed by atoms with Gasteiger partial charge in [-0.3, -0.25) is 4.79 Å². The Bertz CT molecular complexity index is 505. The predicted molar refractivity (Wildman–Crippen MR) is 66.5 cm³/mol. The molecule has 18 heavy (non-hydrogen) atoms. The van der Waals surface area contributed by atoms with Crippen molar-refractivity contribution in [2.45, 2.75) is 13.3 Å². The molecule has 1 rings (SSSR count). The van der Waals surface area contributed by atoms with E-state index in [1.54, 1.807) is 19.1 Å². The van der Waals surface area contributed by atoms with Crippen LogP contribution in [0.4, 0.5) is 0 Å². The second-order valence-corrected chi connectivity index (χ2v) is 3.78. The number of carbonyl (C=O) groups excluding carboxylic acids is 2. The largest absolute Gasteiger partial charge is 0.462 e. The molecule has 94 valence electrons. The third-order valence-corrected chi connectivity index (χ3v) is 2.61. The monoisotopic (exact) mass is 265 g/mol. The van der Waals surface area contributed by atoms with Crippen LogP contribution in [0.3, 0.4) is 0 Å². The fraction of sp³-hybridized carbons (Fsp3) is 0.308. The second kappa shape index (κ2) is 6.77. The van der Waals surface area contributed by atoms with Crippen molar-refractivity contribution in [3.63, 3.8) is 0 Å². The van der Waals surface area contributed by atoms with Crippen LogP contribution in [-0.4, -0.2) is 24.2 Å². The van der Waals surface area contributed by atoms with Gasteiger partial charge in [0, 0.05) is 6.42 Å². The SMILES string of the molecule is CCOC(=O)c1cccc(C#N)c1CC(=O)CCl. The smallest absolute Gasteiger partial charge is 0.338 e. The van der Waals surface area contributed by atoms with Gasteiger partial charge in [0.25, 0.3) is 0 Å². The molecule has 4 nitrogen and oxygen atoms in total. The van der Waals surface area contributed by atoms with Crippen molar-refractivity contribution in [2.75, 3.05) is 12.5 Å². The van der Waals surface area contributed by atoms with Gasteiger partial charge < -0.3 is 4.74 Å². The van der Waals surface area contributed by atoms with Crippen molar-refractivity contribution in [1.29, 1.82) is 5.26 Å². The molecule has 5 heteroatoms. The first-order valence-corrected chi connectivity index (χ1v) is 5.94. The highest BCUT2D eigenvalue weighted by Crippen LogP contribution is 2.17. The van der Waals surface area contributed by atoms with Gasteiger partial charge in [-0.05, 0) is 24.6 Å². The maximum Gasteiger partial charge on any atom is 0.338 e. The molecule has 0 heterocycles. The van der Waals surface area contributed by atoms with Crippen LogP contribution >= 0.6 is 11.6 Å². The number of rotatable bonds is 5. The van der Waals surface area contributed by atoms with Gasteiger partial charge in [0.2, 0.25) is 0 Å². The van der Waals surface area contributed by atoms with Crippen molar-refractivity contribution >= 4 is 23.4 Å². The Hall–Kier alpha value is -1.86. The van der Waals surface area contributed by atoms with Crippen LogP contribution in [0.5, 0.6) is 0 Å². The highest BCUT2D eigenvalue weighted by atomic mass is 35.5. The lowest BCUT2D eigenvalue weighted by atomic mass is 9.97. The Morgan fingerprint density at radius 1 is 1.44 bits per heavy atom. The molecule has 0 radical (unpaired) electrons. The molecule has 0 aliphatic heterocycles. The number of esters is 1. The quantitative estimate of drug-likeness (QED) is 0.604. The zero-order valence-electron chi connectivity index (χ0n) is 9.90. The lowest BCUT2D eigenvalue weighted by molar-refractivity contribution is -0.116. The summed E-state index contributed by atoms with van der Waals surface area (Å²) in [5.41, 5.74) is 0.914. The lowest BCUT2D eigenvalue weighted by Crippen LogP contribution is -2.13. The fourth-order valence-corrected chi connectivity index (χ4v) is 1.62. The Labute approximate surface area is 110 Å². The summed E-state index contributed by atoms with van der Waals surface area (Å²) >= 11 is 5.44. The maximum atomic E-state index is 11.7. The molecule has 1 aromatic rings. The average molecular weight is 266 g/mol. The molecule has 0 aromatic heterocycles. The number of benzene rings is 1. The Kier molecular flexibility index (Phi) is 5.34. The Morgan fingerprint density at radius 2 is 2.17 bits per heavy atom. The molecule has 0 aliphatic rings. The van der Waals surface area contributed by atoms with Crippen LogP contribution in [0.1, 0.15) is 28.4 Å². The van der Waals surface area contributed by atoms with E-state index in [0.29, 0.717) is 11.1 Å². The normalized spacial score (nSPS) is 9.61. The van der Waals surface area contributed by atoms with Crippen molar-refractivity contribution in [3.8, 4) is 6.07 Å². The molecule has 0 aliphatic carbocycles. The van der Waals surface area contributed by atoms with Gasteiger partial charge in [0.05, 0.1) is 29.7 Å². The first-order valence-electron chi connectivity index (χ1n) is 5.40. The molecule has 0 spiro atoms. The van der Waals surface area contributed by atoms with E-state index in [-0.39, 0.29) is 30.3 Å². The summed E-state index contributed by atoms with van der Waals surface area (Å²) in [7, 11) is 0. The standard InChI is InChI=1S/C13H12ClNO3/c1-2-18-13(17)11-5-3-4-9(8-15)12(11)6-10(16)7-14/h3-5H,2,6-7H2,1H3. The minimum atomic E-state index is -0.535. The highest BCUT2D eigenvalue weighted by molar-refractivity contribution is 6.27. The Balaban J connectivity index is 3.21. The number of nitriles is 1. The molecule has 0 saturated heterocycles. The molecule has 0 fully saturated rings. The van der Waals surface area contributed by atoms with E-state index in [9.17, 15) is 9.59 Å². The van der Waals surface area contributed by atoms with Crippen LogP contribution < -0.4 is 0 Å². The third kappa shape index (κ3) is 3.31. The van der Waals surface area contributed by atoms with E-state index >= 15 is 0 Å². The molecule has 0 N–H and O–H groups in total. The molecule has 0 atom stereocenters. The summed E-state index contributed by atoms with van der Waals surface area (Å²) in [6.45, 7) is 1.92. The van der Waals surface area contributed by atoms with Crippen LogP contribution in [0.2, 0.25) is 0 Å². The minimum Gasteiger partial charge on any atom is -0.462 e. The zero-order chi connectivity index (χ0) is 13.5. The van der Waals surface area contributed by atoms with Gasteiger partial charge in [-0.25, -0.2) is 4.79 Å². The molecule has 0 saturated carbocycles. The molecular formula is C13H12ClNO3. The van der Waals surface area contributed by atoms with Gasteiger partial charge >= 0.3 is 5.97 Å². The number of nitrogens with zero attached hydrogens (tertiary/aromatic N) is 1. The number of ether oxygens (including phenoxy) is 1. The van der Waals surface area contributed by atoms with Gasteiger partial charge in [-0.1, -0.05) is 6.07 Å². The van der Waals surface area contributed by atoms with Crippen LogP contribution in [0.15, 0.2) is 18.2 Å². The number of alkyl halides is 1. The highest BCUT2D eigenvalue weighted by Gasteiger charge is 2.17. The van der Waals surface area contributed by atoms with E-state index in [4.69, 9.17) is 21.6 Å². The summed E-state index contributed by atoms with van der Waals surface area (Å²) in [5, 5.41) is 8.99. The zero-order valence-corrected chi connectivity index (χ0v) is 10.7. The molecule has 0 bridgehead atoms. The summed E-state index contributed by atoms with van der Waals surface area (Å²) in [6.07, 6.45) is -0.0403. The average Bonchev–Trinajstić information content (AvgIpc) is 2.38. The first kappa shape index (κ1) is 14.2. The number of hydrogen-bond acceptors (Lipinski definition) is 4. The van der Waals surface area contributed by atoms with E-state index in [1.807, 2.05) is 6.07 Å². The number of halogens is 1. The maximum absolute atomic E-state index is 11.7. The second-order valence-electron chi connectivity index (χ2n) is 3.51. The summed E-state index contributed by atoms with van der Waals surface area (Å²) < 4.78 is 4.89. The lowest BCUT2D eigenvalue weighted by Gasteiger charge is -2.09. The Morgan fingerprint density at radius 3 is 2.72 bits per heavy atom. The minimum absolute atomic E-state index is 0.0403. The number of hydrogen-bond donors (Lipinski definition) is 0. The third-order valence-electron chi connectivity index (χ3n) is 2.31. The van der Waals surface area contributed by atoms with Crippen molar-refractivity contribution < 1.29 is 14.3 Å². The fourth-order valence-electron chi connectivity index (χ4n) is 1.53. The summed E-state index contributed by atoms with van der Waals surface area (Å²) in [4.78, 5) is 23.1.